The minimum Gasteiger partial charge on any atom is -0.462 e. The second-order valence-corrected chi connectivity index (χ2v) is 20.6. The van der Waals surface area contributed by atoms with Crippen LogP contribution in [0.5, 0.6) is 0 Å². The number of ether oxygens (including phenoxy) is 3. The van der Waals surface area contributed by atoms with Crippen molar-refractivity contribution in [1.29, 1.82) is 0 Å². The van der Waals surface area contributed by atoms with Crippen molar-refractivity contribution in [3.05, 3.63) is 97.2 Å². The van der Waals surface area contributed by atoms with Crippen LogP contribution in [0.4, 0.5) is 0 Å². The Labute approximate surface area is 457 Å². The van der Waals surface area contributed by atoms with Crippen molar-refractivity contribution in [3.63, 3.8) is 0 Å². The summed E-state index contributed by atoms with van der Waals surface area (Å²) in [6.45, 7) is 6.53. The van der Waals surface area contributed by atoms with Gasteiger partial charge in [0.15, 0.2) is 6.10 Å². The Morgan fingerprint density at radius 3 is 0.824 bits per heavy atom. The van der Waals surface area contributed by atoms with Crippen molar-refractivity contribution in [2.75, 3.05) is 13.2 Å². The minimum atomic E-state index is -0.785. The van der Waals surface area contributed by atoms with Crippen molar-refractivity contribution in [1.82, 2.24) is 0 Å². The molecule has 0 heterocycles. The number of hydrogen-bond acceptors (Lipinski definition) is 6. The molecule has 0 radical (unpaired) electrons. The van der Waals surface area contributed by atoms with E-state index in [0.717, 1.165) is 122 Å². The van der Waals surface area contributed by atoms with Gasteiger partial charge in [-0.15, -0.1) is 0 Å². The van der Waals surface area contributed by atoms with E-state index in [1.165, 1.54) is 135 Å². The first kappa shape index (κ1) is 70.3. The summed E-state index contributed by atoms with van der Waals surface area (Å²) in [6, 6.07) is 0. The lowest BCUT2D eigenvalue weighted by Gasteiger charge is -2.18. The standard InChI is InChI=1S/C68H116O6/c1-4-7-10-13-16-19-22-25-27-28-29-30-31-32-33-34-35-36-37-38-39-40-42-43-46-49-52-55-58-61-67(70)73-64-65(63-72-66(69)60-57-54-51-48-45-24-21-18-15-12-9-6-3)74-68(71)62-59-56-53-50-47-44-41-26-23-20-17-14-11-8-5-2/h7,10,16,19,25,27,29-30,32-33,35-36,38-39,42-43,65H,4-6,8-9,11-15,17-18,20-24,26,28,31,34,37,40-41,44-64H2,1-3H3/b10-7-,19-16-,27-25-,30-29-,33-32-,36-35-,39-38-,43-42-. The highest BCUT2D eigenvalue weighted by Gasteiger charge is 2.19. The highest BCUT2D eigenvalue weighted by Crippen LogP contribution is 2.16. The third-order valence-electron chi connectivity index (χ3n) is 13.4. The van der Waals surface area contributed by atoms with Crippen LogP contribution in [-0.4, -0.2) is 37.2 Å². The molecule has 0 saturated heterocycles. The van der Waals surface area contributed by atoms with Gasteiger partial charge >= 0.3 is 17.9 Å². The maximum Gasteiger partial charge on any atom is 0.306 e. The molecule has 0 spiro atoms. The largest absolute Gasteiger partial charge is 0.462 e. The van der Waals surface area contributed by atoms with E-state index < -0.39 is 6.10 Å². The first-order chi connectivity index (χ1) is 36.5. The van der Waals surface area contributed by atoms with E-state index in [1.807, 2.05) is 0 Å². The average Bonchev–Trinajstić information content (AvgIpc) is 3.40. The third-order valence-corrected chi connectivity index (χ3v) is 13.4. The van der Waals surface area contributed by atoms with Crippen molar-refractivity contribution < 1.29 is 28.6 Å². The smallest absolute Gasteiger partial charge is 0.306 e. The maximum absolute atomic E-state index is 12.9. The van der Waals surface area contributed by atoms with E-state index in [9.17, 15) is 14.4 Å². The van der Waals surface area contributed by atoms with Crippen LogP contribution < -0.4 is 0 Å². The first-order valence-corrected chi connectivity index (χ1v) is 31.2. The van der Waals surface area contributed by atoms with Gasteiger partial charge in [-0.1, -0.05) is 291 Å². The molecule has 0 aromatic heterocycles. The van der Waals surface area contributed by atoms with E-state index in [2.05, 4.69) is 118 Å². The molecule has 0 aromatic carbocycles. The van der Waals surface area contributed by atoms with Crippen LogP contribution in [0.3, 0.4) is 0 Å². The molecule has 0 fully saturated rings. The number of carbonyl (C=O) groups is 3. The molecule has 0 aliphatic rings. The summed E-state index contributed by atoms with van der Waals surface area (Å²) in [5.74, 6) is -0.897. The zero-order chi connectivity index (χ0) is 53.6. The molecule has 0 bridgehead atoms. The van der Waals surface area contributed by atoms with Gasteiger partial charge in [0.25, 0.3) is 0 Å². The quantitative estimate of drug-likeness (QED) is 0.0261. The monoisotopic (exact) mass is 1030 g/mol. The highest BCUT2D eigenvalue weighted by atomic mass is 16.6. The average molecular weight is 1030 g/mol. The lowest BCUT2D eigenvalue weighted by molar-refractivity contribution is -0.167. The summed E-state index contributed by atoms with van der Waals surface area (Å²) < 4.78 is 16.9. The summed E-state index contributed by atoms with van der Waals surface area (Å²) in [7, 11) is 0. The molecular weight excluding hydrogens is 913 g/mol. The lowest BCUT2D eigenvalue weighted by Crippen LogP contribution is -2.30. The van der Waals surface area contributed by atoms with Gasteiger partial charge in [-0.25, -0.2) is 0 Å². The Kier molecular flexibility index (Phi) is 58.8. The van der Waals surface area contributed by atoms with Gasteiger partial charge in [-0.3, -0.25) is 14.4 Å². The third kappa shape index (κ3) is 59.2. The minimum absolute atomic E-state index is 0.0816. The number of hydrogen-bond donors (Lipinski definition) is 0. The normalized spacial score (nSPS) is 12.7. The Bertz CT molecular complexity index is 1460. The summed E-state index contributed by atoms with van der Waals surface area (Å²) >= 11 is 0. The second kappa shape index (κ2) is 61.9. The molecule has 0 aliphatic carbocycles. The van der Waals surface area contributed by atoms with Crippen LogP contribution >= 0.6 is 0 Å². The molecule has 0 saturated carbocycles. The fourth-order valence-corrected chi connectivity index (χ4v) is 8.69. The van der Waals surface area contributed by atoms with E-state index in [-0.39, 0.29) is 31.1 Å². The molecular formula is C68H116O6. The van der Waals surface area contributed by atoms with Crippen molar-refractivity contribution in [2.45, 2.75) is 303 Å². The molecule has 0 aliphatic heterocycles. The molecule has 424 valence electrons. The Balaban J connectivity index is 4.33. The predicted molar refractivity (Wildman–Crippen MR) is 320 cm³/mol. The Morgan fingerprint density at radius 1 is 0.284 bits per heavy atom. The number of allylic oxidation sites excluding steroid dienone is 16. The zero-order valence-corrected chi connectivity index (χ0v) is 48.6. The lowest BCUT2D eigenvalue weighted by atomic mass is 10.0. The number of unbranched alkanes of at least 4 members (excludes halogenated alkanes) is 29. The molecule has 6 nitrogen and oxygen atoms in total. The maximum atomic E-state index is 12.9. The first-order valence-electron chi connectivity index (χ1n) is 31.2. The summed E-state index contributed by atoms with van der Waals surface area (Å²) in [5, 5.41) is 0. The van der Waals surface area contributed by atoms with Crippen LogP contribution in [0, 0.1) is 0 Å². The van der Waals surface area contributed by atoms with E-state index in [1.54, 1.807) is 0 Å². The molecule has 0 rings (SSSR count). The second-order valence-electron chi connectivity index (χ2n) is 20.6. The number of rotatable bonds is 56. The van der Waals surface area contributed by atoms with E-state index >= 15 is 0 Å². The van der Waals surface area contributed by atoms with Gasteiger partial charge < -0.3 is 14.2 Å². The zero-order valence-electron chi connectivity index (χ0n) is 48.6. The molecule has 6 heteroatoms. The van der Waals surface area contributed by atoms with Crippen LogP contribution in [0.1, 0.15) is 297 Å². The predicted octanol–water partition coefficient (Wildman–Crippen LogP) is 21.3. The molecule has 0 N–H and O–H groups in total. The number of carbonyl (C=O) groups excluding carboxylic acids is 3. The summed E-state index contributed by atoms with van der Waals surface area (Å²) in [6.07, 6.45) is 82.6. The van der Waals surface area contributed by atoms with Gasteiger partial charge in [0, 0.05) is 19.3 Å². The van der Waals surface area contributed by atoms with Gasteiger partial charge in [-0.05, 0) is 83.5 Å². The summed E-state index contributed by atoms with van der Waals surface area (Å²) in [4.78, 5) is 38.2. The Morgan fingerprint density at radius 2 is 0.527 bits per heavy atom. The molecule has 1 atom stereocenters. The van der Waals surface area contributed by atoms with E-state index in [0.29, 0.717) is 19.3 Å². The SMILES string of the molecule is CC/C=C\C/C=C\C/C=C\C/C=C\C/C=C\C/C=C\C/C=C\C/C=C\CCCCCCC(=O)OCC(COC(=O)CCCCCCCCCCCCCC)OC(=O)CCCCCCCCCCCCCCCCC. The fraction of sp³-hybridized carbons (Fsp3) is 0.721. The topological polar surface area (TPSA) is 78.9 Å². The Hall–Kier alpha value is -3.67. The van der Waals surface area contributed by atoms with Gasteiger partial charge in [-0.2, -0.15) is 0 Å². The van der Waals surface area contributed by atoms with Crippen LogP contribution in [0.15, 0.2) is 97.2 Å². The van der Waals surface area contributed by atoms with Gasteiger partial charge in [0.2, 0.25) is 0 Å². The summed E-state index contributed by atoms with van der Waals surface area (Å²) in [5.41, 5.74) is 0. The van der Waals surface area contributed by atoms with Crippen molar-refractivity contribution >= 4 is 17.9 Å². The molecule has 0 aromatic rings. The van der Waals surface area contributed by atoms with Crippen LogP contribution in [-0.2, 0) is 28.6 Å². The molecule has 74 heavy (non-hydrogen) atoms. The van der Waals surface area contributed by atoms with Crippen molar-refractivity contribution in [2.24, 2.45) is 0 Å². The van der Waals surface area contributed by atoms with Crippen molar-refractivity contribution in [3.8, 4) is 0 Å². The molecule has 1 unspecified atom stereocenters. The molecule has 0 amide bonds. The van der Waals surface area contributed by atoms with Crippen LogP contribution in [0.25, 0.3) is 0 Å². The van der Waals surface area contributed by atoms with Gasteiger partial charge in [0.1, 0.15) is 13.2 Å². The van der Waals surface area contributed by atoms with E-state index in [4.69, 9.17) is 14.2 Å². The number of esters is 3. The van der Waals surface area contributed by atoms with Crippen LogP contribution in [0.2, 0.25) is 0 Å². The fourth-order valence-electron chi connectivity index (χ4n) is 8.69. The highest BCUT2D eigenvalue weighted by molar-refractivity contribution is 5.71. The van der Waals surface area contributed by atoms with Gasteiger partial charge in [0.05, 0.1) is 0 Å².